The van der Waals surface area contributed by atoms with Crippen molar-refractivity contribution >= 4 is 21.6 Å². The van der Waals surface area contributed by atoms with Crippen LogP contribution in [0.5, 0.6) is 0 Å². The predicted octanol–water partition coefficient (Wildman–Crippen LogP) is 2.96. The normalized spacial score (nSPS) is 11.5. The molecule has 0 aliphatic rings. The molecular formula is C13H11ClFNO2S. The van der Waals surface area contributed by atoms with Crippen molar-refractivity contribution in [3.05, 3.63) is 64.9 Å². The van der Waals surface area contributed by atoms with Gasteiger partial charge in [0.15, 0.2) is 0 Å². The summed E-state index contributed by atoms with van der Waals surface area (Å²) in [5.41, 5.74) is 0.547. The number of hydrogen-bond donors (Lipinski definition) is 1. The fourth-order valence-electron chi connectivity index (χ4n) is 1.54. The van der Waals surface area contributed by atoms with E-state index in [-0.39, 0.29) is 11.4 Å². The zero-order chi connectivity index (χ0) is 13.9. The fraction of sp³-hybridized carbons (Fsp3) is 0.0769. The summed E-state index contributed by atoms with van der Waals surface area (Å²) in [5, 5.41) is 0.341. The van der Waals surface area contributed by atoms with Gasteiger partial charge in [-0.25, -0.2) is 17.5 Å². The SMILES string of the molecule is O=S(=O)(NCc1cccc(F)c1)c1cccc(Cl)c1. The number of sulfonamides is 1. The van der Waals surface area contributed by atoms with Crippen LogP contribution in [0.25, 0.3) is 0 Å². The van der Waals surface area contributed by atoms with E-state index in [4.69, 9.17) is 11.6 Å². The molecule has 0 unspecified atom stereocenters. The molecule has 0 aliphatic heterocycles. The van der Waals surface area contributed by atoms with E-state index < -0.39 is 15.8 Å². The van der Waals surface area contributed by atoms with Crippen LogP contribution in [-0.2, 0) is 16.6 Å². The van der Waals surface area contributed by atoms with Gasteiger partial charge >= 0.3 is 0 Å². The first-order chi connectivity index (χ1) is 8.97. The van der Waals surface area contributed by atoms with Gasteiger partial charge in [0.1, 0.15) is 5.82 Å². The average Bonchev–Trinajstić information content (AvgIpc) is 2.37. The predicted molar refractivity (Wildman–Crippen MR) is 71.9 cm³/mol. The molecule has 2 rings (SSSR count). The maximum Gasteiger partial charge on any atom is 0.240 e. The molecule has 2 aromatic carbocycles. The van der Waals surface area contributed by atoms with Crippen LogP contribution in [-0.4, -0.2) is 8.42 Å². The summed E-state index contributed by atoms with van der Waals surface area (Å²) in [7, 11) is -3.65. The third kappa shape index (κ3) is 3.76. The Hall–Kier alpha value is -1.43. The highest BCUT2D eigenvalue weighted by Gasteiger charge is 2.13. The molecule has 0 bridgehead atoms. The Kier molecular flexibility index (Phi) is 4.19. The molecule has 100 valence electrons. The van der Waals surface area contributed by atoms with Gasteiger partial charge in [-0.2, -0.15) is 0 Å². The van der Waals surface area contributed by atoms with Gasteiger partial charge in [-0.15, -0.1) is 0 Å². The van der Waals surface area contributed by atoms with Crippen molar-refractivity contribution in [3.8, 4) is 0 Å². The Morgan fingerprint density at radius 1 is 1.11 bits per heavy atom. The van der Waals surface area contributed by atoms with Crippen molar-refractivity contribution in [2.75, 3.05) is 0 Å². The van der Waals surface area contributed by atoms with Crippen LogP contribution in [0.2, 0.25) is 5.02 Å². The molecule has 0 spiro atoms. The van der Waals surface area contributed by atoms with Crippen LogP contribution in [0.15, 0.2) is 53.4 Å². The minimum absolute atomic E-state index is 0.0204. The number of benzene rings is 2. The summed E-state index contributed by atoms with van der Waals surface area (Å²) in [5.74, 6) is -0.403. The Morgan fingerprint density at radius 3 is 2.53 bits per heavy atom. The van der Waals surface area contributed by atoms with E-state index in [9.17, 15) is 12.8 Å². The fourth-order valence-corrected chi connectivity index (χ4v) is 2.86. The third-order valence-electron chi connectivity index (χ3n) is 2.46. The quantitative estimate of drug-likeness (QED) is 0.943. The lowest BCUT2D eigenvalue weighted by atomic mass is 10.2. The van der Waals surface area contributed by atoms with Crippen molar-refractivity contribution in [1.29, 1.82) is 0 Å². The molecule has 6 heteroatoms. The molecule has 0 saturated carbocycles. The lowest BCUT2D eigenvalue weighted by Gasteiger charge is -2.07. The van der Waals surface area contributed by atoms with Gasteiger partial charge in [0.25, 0.3) is 0 Å². The van der Waals surface area contributed by atoms with Crippen molar-refractivity contribution in [2.45, 2.75) is 11.4 Å². The minimum atomic E-state index is -3.65. The maximum atomic E-state index is 13.0. The summed E-state index contributed by atoms with van der Waals surface area (Å²) in [6.07, 6.45) is 0. The van der Waals surface area contributed by atoms with Crippen molar-refractivity contribution in [1.82, 2.24) is 4.72 Å². The largest absolute Gasteiger partial charge is 0.240 e. The molecule has 0 heterocycles. The molecule has 0 fully saturated rings. The smallest absolute Gasteiger partial charge is 0.207 e. The molecular weight excluding hydrogens is 289 g/mol. The number of nitrogens with one attached hydrogen (secondary N) is 1. The van der Waals surface area contributed by atoms with E-state index in [2.05, 4.69) is 4.72 Å². The number of halogens is 2. The standard InChI is InChI=1S/C13H11ClFNO2S/c14-11-4-2-6-13(8-11)19(17,18)16-9-10-3-1-5-12(15)7-10/h1-8,16H,9H2. The van der Waals surface area contributed by atoms with E-state index in [1.54, 1.807) is 18.2 Å². The molecule has 3 nitrogen and oxygen atoms in total. The van der Waals surface area contributed by atoms with Crippen molar-refractivity contribution in [3.63, 3.8) is 0 Å². The first-order valence-corrected chi connectivity index (χ1v) is 7.33. The lowest BCUT2D eigenvalue weighted by molar-refractivity contribution is 0.580. The summed E-state index contributed by atoms with van der Waals surface area (Å²) in [4.78, 5) is 0.0800. The van der Waals surface area contributed by atoms with Crippen LogP contribution in [0.4, 0.5) is 4.39 Å². The number of rotatable bonds is 4. The number of hydrogen-bond acceptors (Lipinski definition) is 2. The highest BCUT2D eigenvalue weighted by Crippen LogP contribution is 2.15. The summed E-state index contributed by atoms with van der Waals surface area (Å²) in [6, 6.07) is 11.7. The Bertz CT molecular complexity index is 689. The average molecular weight is 300 g/mol. The second-order valence-electron chi connectivity index (χ2n) is 3.91. The zero-order valence-corrected chi connectivity index (χ0v) is 11.4. The van der Waals surface area contributed by atoms with E-state index in [0.717, 1.165) is 0 Å². The summed E-state index contributed by atoms with van der Waals surface area (Å²) >= 11 is 5.75. The van der Waals surface area contributed by atoms with E-state index >= 15 is 0 Å². The van der Waals surface area contributed by atoms with Crippen LogP contribution in [0.3, 0.4) is 0 Å². The highest BCUT2D eigenvalue weighted by molar-refractivity contribution is 7.89. The molecule has 0 amide bonds. The second kappa shape index (κ2) is 5.69. The zero-order valence-electron chi connectivity index (χ0n) is 9.81. The lowest BCUT2D eigenvalue weighted by Crippen LogP contribution is -2.23. The molecule has 0 saturated heterocycles. The van der Waals surface area contributed by atoms with Gasteiger partial charge in [-0.1, -0.05) is 29.8 Å². The topological polar surface area (TPSA) is 46.2 Å². The Balaban J connectivity index is 2.14. The molecule has 2 aromatic rings. The van der Waals surface area contributed by atoms with Crippen LogP contribution in [0, 0.1) is 5.82 Å². The van der Waals surface area contributed by atoms with Gasteiger partial charge in [0.05, 0.1) is 4.90 Å². The van der Waals surface area contributed by atoms with Crippen molar-refractivity contribution in [2.24, 2.45) is 0 Å². The van der Waals surface area contributed by atoms with E-state index in [1.165, 1.54) is 30.3 Å². The first kappa shape index (κ1) is 14.0. The Morgan fingerprint density at radius 2 is 1.84 bits per heavy atom. The van der Waals surface area contributed by atoms with Gasteiger partial charge in [0.2, 0.25) is 10.0 Å². The Labute approximate surface area is 116 Å². The molecule has 0 aromatic heterocycles. The molecule has 0 aliphatic carbocycles. The van der Waals surface area contributed by atoms with Crippen LogP contribution < -0.4 is 4.72 Å². The molecule has 1 N–H and O–H groups in total. The monoisotopic (exact) mass is 299 g/mol. The van der Waals surface area contributed by atoms with Gasteiger partial charge in [0, 0.05) is 11.6 Å². The maximum absolute atomic E-state index is 13.0. The van der Waals surface area contributed by atoms with E-state index in [0.29, 0.717) is 10.6 Å². The van der Waals surface area contributed by atoms with E-state index in [1.807, 2.05) is 0 Å². The molecule has 19 heavy (non-hydrogen) atoms. The molecule has 0 radical (unpaired) electrons. The van der Waals surface area contributed by atoms with Gasteiger partial charge in [-0.3, -0.25) is 0 Å². The highest BCUT2D eigenvalue weighted by atomic mass is 35.5. The molecule has 0 atom stereocenters. The van der Waals surface area contributed by atoms with Gasteiger partial charge < -0.3 is 0 Å². The summed E-state index contributed by atoms with van der Waals surface area (Å²) < 4.78 is 39.3. The minimum Gasteiger partial charge on any atom is -0.207 e. The van der Waals surface area contributed by atoms with Gasteiger partial charge in [-0.05, 0) is 35.9 Å². The third-order valence-corrected chi connectivity index (χ3v) is 4.10. The van der Waals surface area contributed by atoms with Crippen molar-refractivity contribution < 1.29 is 12.8 Å². The summed E-state index contributed by atoms with van der Waals surface area (Å²) in [6.45, 7) is 0.0204. The van der Waals surface area contributed by atoms with Crippen LogP contribution >= 0.6 is 11.6 Å². The van der Waals surface area contributed by atoms with Crippen LogP contribution in [0.1, 0.15) is 5.56 Å². The first-order valence-electron chi connectivity index (χ1n) is 5.47. The second-order valence-corrected chi connectivity index (χ2v) is 6.12.